The predicted octanol–water partition coefficient (Wildman–Crippen LogP) is 1.16. The topological polar surface area (TPSA) is 54.4 Å². The van der Waals surface area contributed by atoms with Crippen LogP contribution in [0.1, 0.15) is 13.8 Å². The molecule has 0 rings (SSSR count). The fourth-order valence-electron chi connectivity index (χ4n) is 0.560. The van der Waals surface area contributed by atoms with Crippen molar-refractivity contribution in [1.82, 2.24) is 0 Å². The fraction of sp³-hybridized carbons (Fsp3) is 0.250. The van der Waals surface area contributed by atoms with Gasteiger partial charge in [-0.3, -0.25) is 4.79 Å². The van der Waals surface area contributed by atoms with Gasteiger partial charge in [-0.15, -0.1) is 0 Å². The van der Waals surface area contributed by atoms with Crippen LogP contribution in [0.4, 0.5) is 0 Å². The molecule has 0 aliphatic heterocycles. The first-order valence-electron chi connectivity index (χ1n) is 3.06. The Morgan fingerprint density at radius 3 is 1.91 bits per heavy atom. The first-order chi connectivity index (χ1) is 4.95. The maximum Gasteiger partial charge on any atom is 0.339 e. The van der Waals surface area contributed by atoms with Crippen LogP contribution >= 0.6 is 0 Å². The van der Waals surface area contributed by atoms with Crippen molar-refractivity contribution in [3.8, 4) is 0 Å². The lowest BCUT2D eigenvalue weighted by Gasteiger charge is -1.94. The number of Topliss-reactive ketones (excluding diaryl/α,β-unsaturated/α-hetero) is 1. The molecule has 0 bridgehead atoms. The molecule has 0 saturated heterocycles. The number of hydrogen-bond acceptors (Lipinski definition) is 2. The van der Waals surface area contributed by atoms with Gasteiger partial charge in [-0.25, -0.2) is 4.79 Å². The summed E-state index contributed by atoms with van der Waals surface area (Å²) in [6, 6.07) is 0. The summed E-state index contributed by atoms with van der Waals surface area (Å²) in [6.07, 6.45) is 1.25. The molecule has 0 saturated carbocycles. The zero-order chi connectivity index (χ0) is 9.02. The van der Waals surface area contributed by atoms with Gasteiger partial charge in [-0.2, -0.15) is 0 Å². The largest absolute Gasteiger partial charge is 0.478 e. The van der Waals surface area contributed by atoms with Crippen molar-refractivity contribution in [3.63, 3.8) is 0 Å². The van der Waals surface area contributed by atoms with E-state index in [0.29, 0.717) is 5.57 Å². The molecule has 0 spiro atoms. The summed E-state index contributed by atoms with van der Waals surface area (Å²) in [6.45, 7) is 6.31. The van der Waals surface area contributed by atoms with Crippen LogP contribution in [-0.4, -0.2) is 16.9 Å². The number of aliphatic carboxylic acids is 1. The summed E-state index contributed by atoms with van der Waals surface area (Å²) in [7, 11) is 0. The first kappa shape index (κ1) is 9.62. The third kappa shape index (κ3) is 3.35. The van der Waals surface area contributed by atoms with Crippen molar-refractivity contribution in [3.05, 3.63) is 23.8 Å². The molecule has 0 radical (unpaired) electrons. The Labute approximate surface area is 65.0 Å². The Morgan fingerprint density at radius 1 is 1.36 bits per heavy atom. The van der Waals surface area contributed by atoms with Crippen molar-refractivity contribution in [2.45, 2.75) is 13.8 Å². The van der Waals surface area contributed by atoms with Crippen LogP contribution in [0.25, 0.3) is 0 Å². The number of allylic oxidation sites excluding steroid dienone is 2. The minimum Gasteiger partial charge on any atom is -0.478 e. The molecule has 60 valence electrons. The maximum atomic E-state index is 10.6. The minimum absolute atomic E-state index is 0.225. The first-order valence-corrected chi connectivity index (χ1v) is 3.06. The lowest BCUT2D eigenvalue weighted by molar-refractivity contribution is -0.134. The van der Waals surface area contributed by atoms with Gasteiger partial charge in [0.05, 0.1) is 0 Å². The molecule has 0 atom stereocenters. The Bertz CT molecular complexity index is 220. The highest BCUT2D eigenvalue weighted by Crippen LogP contribution is 2.01. The zero-order valence-electron chi connectivity index (χ0n) is 6.55. The standard InChI is InChI=1S/C8H10O3/c1-5(2)4-7(6(3)9)8(10)11/h4H,1H2,2-3H3,(H,10,11). The SMILES string of the molecule is C=C(C)C=C(C(C)=O)C(=O)O. The van der Waals surface area contributed by atoms with Crippen molar-refractivity contribution in [2.24, 2.45) is 0 Å². The predicted molar refractivity (Wildman–Crippen MR) is 41.2 cm³/mol. The molecule has 11 heavy (non-hydrogen) atoms. The van der Waals surface area contributed by atoms with Gasteiger partial charge in [0.15, 0.2) is 5.78 Å². The molecule has 3 heteroatoms. The van der Waals surface area contributed by atoms with E-state index in [4.69, 9.17) is 5.11 Å². The van der Waals surface area contributed by atoms with E-state index in [2.05, 4.69) is 6.58 Å². The number of carbonyl (C=O) groups is 2. The normalized spacial score (nSPS) is 10.9. The van der Waals surface area contributed by atoms with Gasteiger partial charge in [0.2, 0.25) is 0 Å². The molecule has 0 aliphatic carbocycles. The van der Waals surface area contributed by atoms with Crippen molar-refractivity contribution in [1.29, 1.82) is 0 Å². The van der Waals surface area contributed by atoms with Crippen LogP contribution in [0.3, 0.4) is 0 Å². The van der Waals surface area contributed by atoms with E-state index in [1.54, 1.807) is 6.92 Å². The second-order valence-corrected chi connectivity index (χ2v) is 2.27. The van der Waals surface area contributed by atoms with Gasteiger partial charge in [-0.05, 0) is 19.9 Å². The molecular formula is C8H10O3. The van der Waals surface area contributed by atoms with Crippen molar-refractivity contribution in [2.75, 3.05) is 0 Å². The quantitative estimate of drug-likeness (QED) is 0.287. The monoisotopic (exact) mass is 154 g/mol. The lowest BCUT2D eigenvalue weighted by atomic mass is 10.1. The van der Waals surface area contributed by atoms with E-state index in [1.165, 1.54) is 13.0 Å². The van der Waals surface area contributed by atoms with E-state index in [1.807, 2.05) is 0 Å². The molecule has 0 aromatic rings. The van der Waals surface area contributed by atoms with Crippen LogP contribution in [0.2, 0.25) is 0 Å². The second kappa shape index (κ2) is 3.71. The number of rotatable bonds is 3. The lowest BCUT2D eigenvalue weighted by Crippen LogP contribution is -2.08. The Kier molecular flexibility index (Phi) is 3.24. The number of carboxylic acids is 1. The van der Waals surface area contributed by atoms with Gasteiger partial charge >= 0.3 is 5.97 Å². The Hall–Kier alpha value is -1.38. The molecule has 0 fully saturated rings. The zero-order valence-corrected chi connectivity index (χ0v) is 6.55. The highest BCUT2D eigenvalue weighted by Gasteiger charge is 2.11. The minimum atomic E-state index is -1.21. The number of ketones is 1. The van der Waals surface area contributed by atoms with Gasteiger partial charge in [0, 0.05) is 0 Å². The third-order valence-corrected chi connectivity index (χ3v) is 1.00. The molecule has 0 aromatic heterocycles. The van der Waals surface area contributed by atoms with Crippen molar-refractivity contribution < 1.29 is 14.7 Å². The molecule has 1 N–H and O–H groups in total. The van der Waals surface area contributed by atoms with E-state index in [-0.39, 0.29) is 5.57 Å². The van der Waals surface area contributed by atoms with Crippen LogP contribution in [0.15, 0.2) is 23.8 Å². The van der Waals surface area contributed by atoms with Gasteiger partial charge < -0.3 is 5.11 Å². The summed E-state index contributed by atoms with van der Waals surface area (Å²) in [4.78, 5) is 21.0. The van der Waals surface area contributed by atoms with Gasteiger partial charge in [0.1, 0.15) is 5.57 Å². The fourth-order valence-corrected chi connectivity index (χ4v) is 0.560. The van der Waals surface area contributed by atoms with E-state index in [0.717, 1.165) is 0 Å². The van der Waals surface area contributed by atoms with E-state index in [9.17, 15) is 9.59 Å². The number of carbonyl (C=O) groups excluding carboxylic acids is 1. The Balaban J connectivity index is 4.75. The van der Waals surface area contributed by atoms with E-state index < -0.39 is 11.8 Å². The highest BCUT2D eigenvalue weighted by molar-refractivity contribution is 6.15. The second-order valence-electron chi connectivity index (χ2n) is 2.27. The van der Waals surface area contributed by atoms with E-state index >= 15 is 0 Å². The summed E-state index contributed by atoms with van der Waals surface area (Å²) in [5, 5.41) is 8.46. The number of carboxylic acid groups (broad SMARTS) is 1. The average molecular weight is 154 g/mol. The van der Waals surface area contributed by atoms with Crippen LogP contribution < -0.4 is 0 Å². The summed E-state index contributed by atoms with van der Waals surface area (Å²) in [5.41, 5.74) is 0.329. The smallest absolute Gasteiger partial charge is 0.339 e. The number of hydrogen-bond donors (Lipinski definition) is 1. The van der Waals surface area contributed by atoms with Crippen LogP contribution in [0.5, 0.6) is 0 Å². The van der Waals surface area contributed by atoms with Crippen molar-refractivity contribution >= 4 is 11.8 Å². The molecular weight excluding hydrogens is 144 g/mol. The summed E-state index contributed by atoms with van der Waals surface area (Å²) >= 11 is 0. The van der Waals surface area contributed by atoms with Crippen LogP contribution in [-0.2, 0) is 9.59 Å². The van der Waals surface area contributed by atoms with Crippen LogP contribution in [0, 0.1) is 0 Å². The highest BCUT2D eigenvalue weighted by atomic mass is 16.4. The summed E-state index contributed by atoms with van der Waals surface area (Å²) in [5.74, 6) is -1.67. The van der Waals surface area contributed by atoms with Gasteiger partial charge in [0.25, 0.3) is 0 Å². The Morgan fingerprint density at radius 2 is 1.82 bits per heavy atom. The molecule has 0 aromatic carbocycles. The summed E-state index contributed by atoms with van der Waals surface area (Å²) < 4.78 is 0. The third-order valence-electron chi connectivity index (χ3n) is 1.00. The molecule has 0 aliphatic rings. The molecule has 0 amide bonds. The molecule has 0 heterocycles. The maximum absolute atomic E-state index is 10.6. The molecule has 3 nitrogen and oxygen atoms in total. The molecule has 0 unspecified atom stereocenters. The average Bonchev–Trinajstić information content (AvgIpc) is 1.81. The van der Waals surface area contributed by atoms with Gasteiger partial charge in [-0.1, -0.05) is 12.2 Å².